The molecule has 1 saturated heterocycles. The summed E-state index contributed by atoms with van der Waals surface area (Å²) in [5.74, 6) is -0.816. The Kier molecular flexibility index (Phi) is 8.77. The molecule has 0 radical (unpaired) electrons. The van der Waals surface area contributed by atoms with E-state index in [1.807, 2.05) is 30.3 Å². The molecule has 1 heterocycles. The summed E-state index contributed by atoms with van der Waals surface area (Å²) in [5, 5.41) is 2.54. The zero-order chi connectivity index (χ0) is 21.6. The zero-order valence-corrected chi connectivity index (χ0v) is 18.8. The normalized spacial score (nSPS) is 14.6. The number of para-hydroxylation sites is 3. The maximum absolute atomic E-state index is 12.5. The number of hydrogen-bond donors (Lipinski definition) is 2. The molecule has 2 aromatic carbocycles. The van der Waals surface area contributed by atoms with Gasteiger partial charge in [0.2, 0.25) is 5.91 Å². The molecule has 3 N–H and O–H groups in total. The van der Waals surface area contributed by atoms with Crippen LogP contribution in [0.5, 0.6) is 5.75 Å². The number of guanidine groups is 1. The quantitative estimate of drug-likeness (QED) is 0.340. The molecule has 1 amide bonds. The van der Waals surface area contributed by atoms with Gasteiger partial charge in [0.1, 0.15) is 6.54 Å². The standard InChI is InChI=1S/C20H22F3N5O2.HI/c21-20(22,23)30-17-9-5-4-8-16(17)26-19(24)25-14-18(29)28-12-10-27(11-13-28)15-6-2-1-3-7-15;/h1-9H,10-14H2,(H3,24,25,26);1H. The van der Waals surface area contributed by atoms with Crippen molar-refractivity contribution in [2.45, 2.75) is 6.36 Å². The number of alkyl halides is 3. The Bertz CT molecular complexity index is 888. The van der Waals surface area contributed by atoms with Crippen molar-refractivity contribution in [3.8, 4) is 5.75 Å². The largest absolute Gasteiger partial charge is 0.573 e. The summed E-state index contributed by atoms with van der Waals surface area (Å²) in [6.45, 7) is 2.31. The first kappa shape index (κ1) is 24.6. The Hall–Kier alpha value is -2.70. The smallest absolute Gasteiger partial charge is 0.404 e. The summed E-state index contributed by atoms with van der Waals surface area (Å²) in [6.07, 6.45) is -4.83. The minimum atomic E-state index is -4.83. The van der Waals surface area contributed by atoms with Gasteiger partial charge >= 0.3 is 6.36 Å². The molecule has 1 fully saturated rings. The zero-order valence-electron chi connectivity index (χ0n) is 16.5. The predicted molar refractivity (Wildman–Crippen MR) is 124 cm³/mol. The lowest BCUT2D eigenvalue weighted by Gasteiger charge is -2.36. The Morgan fingerprint density at radius 2 is 1.65 bits per heavy atom. The van der Waals surface area contributed by atoms with Crippen molar-refractivity contribution in [3.63, 3.8) is 0 Å². The van der Waals surface area contributed by atoms with Gasteiger partial charge in [-0.1, -0.05) is 30.3 Å². The number of carbonyl (C=O) groups is 1. The maximum Gasteiger partial charge on any atom is 0.573 e. The van der Waals surface area contributed by atoms with Crippen LogP contribution in [0.4, 0.5) is 24.5 Å². The molecule has 0 atom stereocenters. The van der Waals surface area contributed by atoms with Gasteiger partial charge in [0.25, 0.3) is 0 Å². The van der Waals surface area contributed by atoms with Crippen molar-refractivity contribution in [2.24, 2.45) is 10.7 Å². The highest BCUT2D eigenvalue weighted by molar-refractivity contribution is 14.0. The van der Waals surface area contributed by atoms with Crippen molar-refractivity contribution in [1.29, 1.82) is 0 Å². The molecule has 0 unspecified atom stereocenters. The molecule has 3 rings (SSSR count). The minimum absolute atomic E-state index is 0. The number of benzene rings is 2. The van der Waals surface area contributed by atoms with E-state index in [0.29, 0.717) is 26.2 Å². The van der Waals surface area contributed by atoms with Crippen molar-refractivity contribution < 1.29 is 22.7 Å². The molecule has 1 aliphatic rings. The second-order valence-corrected chi connectivity index (χ2v) is 6.57. The predicted octanol–water partition coefficient (Wildman–Crippen LogP) is 3.28. The summed E-state index contributed by atoms with van der Waals surface area (Å²) in [7, 11) is 0. The van der Waals surface area contributed by atoms with Crippen molar-refractivity contribution in [2.75, 3.05) is 42.9 Å². The number of nitrogens with one attached hydrogen (secondary N) is 1. The van der Waals surface area contributed by atoms with Crippen LogP contribution in [0.2, 0.25) is 0 Å². The minimum Gasteiger partial charge on any atom is -0.404 e. The number of nitrogens with zero attached hydrogens (tertiary/aromatic N) is 3. The number of piperazine rings is 1. The number of ether oxygens (including phenoxy) is 1. The summed E-state index contributed by atoms with van der Waals surface area (Å²) in [4.78, 5) is 20.2. The highest BCUT2D eigenvalue weighted by Gasteiger charge is 2.32. The van der Waals surface area contributed by atoms with Gasteiger partial charge in [-0.15, -0.1) is 37.1 Å². The SMILES string of the molecule is I.NC(=NCC(=O)N1CCN(c2ccccc2)CC1)Nc1ccccc1OC(F)(F)F. The van der Waals surface area contributed by atoms with Gasteiger partial charge in [-0.25, -0.2) is 4.99 Å². The number of aliphatic imine (C=N–C) groups is 1. The van der Waals surface area contributed by atoms with Crippen LogP contribution >= 0.6 is 24.0 Å². The van der Waals surface area contributed by atoms with E-state index in [4.69, 9.17) is 5.73 Å². The fourth-order valence-corrected chi connectivity index (χ4v) is 3.07. The first-order valence-electron chi connectivity index (χ1n) is 9.31. The van der Waals surface area contributed by atoms with Crippen LogP contribution in [0.15, 0.2) is 59.6 Å². The molecule has 1 aliphatic heterocycles. The van der Waals surface area contributed by atoms with E-state index in [2.05, 4.69) is 19.9 Å². The van der Waals surface area contributed by atoms with E-state index in [1.165, 1.54) is 18.2 Å². The molecule has 11 heteroatoms. The fourth-order valence-electron chi connectivity index (χ4n) is 3.07. The number of nitrogens with two attached hydrogens (primary N) is 1. The molecule has 0 aliphatic carbocycles. The molecule has 0 aromatic heterocycles. The van der Waals surface area contributed by atoms with E-state index >= 15 is 0 Å². The van der Waals surface area contributed by atoms with Crippen LogP contribution in [0.25, 0.3) is 0 Å². The molecular weight excluding hydrogens is 526 g/mol. The van der Waals surface area contributed by atoms with Crippen LogP contribution in [0.1, 0.15) is 0 Å². The number of anilines is 2. The Labute approximate surface area is 195 Å². The molecule has 31 heavy (non-hydrogen) atoms. The lowest BCUT2D eigenvalue weighted by Crippen LogP contribution is -2.49. The number of amides is 1. The lowest BCUT2D eigenvalue weighted by atomic mass is 10.2. The van der Waals surface area contributed by atoms with Gasteiger partial charge < -0.3 is 25.6 Å². The molecule has 7 nitrogen and oxygen atoms in total. The summed E-state index contributed by atoms with van der Waals surface area (Å²) in [6, 6.07) is 15.4. The number of rotatable bonds is 5. The third kappa shape index (κ3) is 7.49. The summed E-state index contributed by atoms with van der Waals surface area (Å²) in [5.41, 5.74) is 6.84. The van der Waals surface area contributed by atoms with Crippen LogP contribution in [0, 0.1) is 0 Å². The number of halogens is 4. The third-order valence-corrected chi connectivity index (χ3v) is 4.51. The number of hydrogen-bond acceptors (Lipinski definition) is 4. The van der Waals surface area contributed by atoms with E-state index in [-0.39, 0.29) is 48.1 Å². The summed E-state index contributed by atoms with van der Waals surface area (Å²) >= 11 is 0. The van der Waals surface area contributed by atoms with Gasteiger partial charge in [0, 0.05) is 31.9 Å². The average molecular weight is 549 g/mol. The maximum atomic E-state index is 12.5. The molecule has 0 saturated carbocycles. The van der Waals surface area contributed by atoms with E-state index < -0.39 is 12.1 Å². The van der Waals surface area contributed by atoms with Crippen molar-refractivity contribution >= 4 is 47.2 Å². The van der Waals surface area contributed by atoms with E-state index in [1.54, 1.807) is 4.90 Å². The topological polar surface area (TPSA) is 83.2 Å². The first-order chi connectivity index (χ1) is 14.3. The Morgan fingerprint density at radius 1 is 1.03 bits per heavy atom. The second-order valence-electron chi connectivity index (χ2n) is 6.57. The molecular formula is C20H23F3IN5O2. The average Bonchev–Trinajstić information content (AvgIpc) is 2.73. The lowest BCUT2D eigenvalue weighted by molar-refractivity contribution is -0.274. The van der Waals surface area contributed by atoms with E-state index in [0.717, 1.165) is 11.8 Å². The Morgan fingerprint density at radius 3 is 2.29 bits per heavy atom. The van der Waals surface area contributed by atoms with Crippen LogP contribution in [-0.4, -0.2) is 55.9 Å². The van der Waals surface area contributed by atoms with E-state index in [9.17, 15) is 18.0 Å². The van der Waals surface area contributed by atoms with Gasteiger partial charge in [0.05, 0.1) is 5.69 Å². The molecule has 0 bridgehead atoms. The van der Waals surface area contributed by atoms with Crippen molar-refractivity contribution in [3.05, 3.63) is 54.6 Å². The van der Waals surface area contributed by atoms with Crippen LogP contribution in [0.3, 0.4) is 0 Å². The molecule has 2 aromatic rings. The molecule has 168 valence electrons. The van der Waals surface area contributed by atoms with Gasteiger partial charge in [-0.2, -0.15) is 0 Å². The number of carbonyl (C=O) groups excluding carboxylic acids is 1. The van der Waals surface area contributed by atoms with Gasteiger partial charge in [0.15, 0.2) is 11.7 Å². The van der Waals surface area contributed by atoms with Crippen LogP contribution in [-0.2, 0) is 4.79 Å². The van der Waals surface area contributed by atoms with Crippen LogP contribution < -0.4 is 20.7 Å². The van der Waals surface area contributed by atoms with Crippen molar-refractivity contribution in [1.82, 2.24) is 4.90 Å². The fraction of sp³-hybridized carbons (Fsp3) is 0.300. The highest BCUT2D eigenvalue weighted by Crippen LogP contribution is 2.29. The van der Waals surface area contributed by atoms with Gasteiger partial charge in [-0.3, -0.25) is 4.79 Å². The highest BCUT2D eigenvalue weighted by atomic mass is 127. The Balaban J connectivity index is 0.00000341. The monoisotopic (exact) mass is 549 g/mol. The molecule has 0 spiro atoms. The third-order valence-electron chi connectivity index (χ3n) is 4.51. The van der Waals surface area contributed by atoms with Gasteiger partial charge in [-0.05, 0) is 24.3 Å². The second kappa shape index (κ2) is 11.1. The first-order valence-corrected chi connectivity index (χ1v) is 9.31. The summed E-state index contributed by atoms with van der Waals surface area (Å²) < 4.78 is 41.4.